The number of rotatable bonds is 3. The zero-order valence-corrected chi connectivity index (χ0v) is 11.0. The molecule has 2 aromatic rings. The van der Waals surface area contributed by atoms with Crippen molar-refractivity contribution < 1.29 is 4.79 Å². The van der Waals surface area contributed by atoms with Gasteiger partial charge in [-0.2, -0.15) is 0 Å². The van der Waals surface area contributed by atoms with Crippen molar-refractivity contribution in [1.82, 2.24) is 0 Å². The van der Waals surface area contributed by atoms with E-state index >= 15 is 0 Å². The number of hydrogen-bond donors (Lipinski definition) is 0. The first-order valence-electron chi connectivity index (χ1n) is 7.00. The van der Waals surface area contributed by atoms with Crippen molar-refractivity contribution in [3.05, 3.63) is 71.3 Å². The standard InChI is InChI=1S/C18H18O/c19-18-13-12-15(16-8-4-5-9-17(16)18)11-10-14-6-2-1-3-7-14/h1-9,15H,10-13H2. The number of aryl methyl sites for hydroxylation is 1. The van der Waals surface area contributed by atoms with Crippen LogP contribution in [0.2, 0.25) is 0 Å². The molecule has 1 aliphatic carbocycles. The van der Waals surface area contributed by atoms with Crippen molar-refractivity contribution >= 4 is 5.78 Å². The van der Waals surface area contributed by atoms with Crippen LogP contribution in [0, 0.1) is 0 Å². The molecule has 1 atom stereocenters. The molecule has 0 heterocycles. The Morgan fingerprint density at radius 1 is 0.947 bits per heavy atom. The second-order valence-corrected chi connectivity index (χ2v) is 5.27. The van der Waals surface area contributed by atoms with Crippen molar-refractivity contribution in [2.75, 3.05) is 0 Å². The summed E-state index contributed by atoms with van der Waals surface area (Å²) < 4.78 is 0. The van der Waals surface area contributed by atoms with Crippen molar-refractivity contribution in [2.24, 2.45) is 0 Å². The highest BCUT2D eigenvalue weighted by Gasteiger charge is 2.24. The van der Waals surface area contributed by atoms with E-state index in [-0.39, 0.29) is 0 Å². The van der Waals surface area contributed by atoms with E-state index in [1.807, 2.05) is 18.2 Å². The van der Waals surface area contributed by atoms with Gasteiger partial charge >= 0.3 is 0 Å². The largest absolute Gasteiger partial charge is 0.294 e. The first-order valence-corrected chi connectivity index (χ1v) is 7.00. The third-order valence-electron chi connectivity index (χ3n) is 4.05. The predicted octanol–water partition coefficient (Wildman–Crippen LogP) is 4.38. The van der Waals surface area contributed by atoms with Crippen LogP contribution in [0.1, 0.15) is 46.7 Å². The summed E-state index contributed by atoms with van der Waals surface area (Å²) in [5.74, 6) is 0.848. The molecule has 1 heteroatoms. The van der Waals surface area contributed by atoms with E-state index in [2.05, 4.69) is 36.4 Å². The zero-order valence-electron chi connectivity index (χ0n) is 11.0. The van der Waals surface area contributed by atoms with Crippen LogP contribution in [0.4, 0.5) is 0 Å². The lowest BCUT2D eigenvalue weighted by atomic mass is 9.79. The predicted molar refractivity (Wildman–Crippen MR) is 77.5 cm³/mol. The molecule has 0 saturated heterocycles. The quantitative estimate of drug-likeness (QED) is 0.790. The second kappa shape index (κ2) is 5.40. The summed E-state index contributed by atoms with van der Waals surface area (Å²) in [5, 5.41) is 0. The van der Waals surface area contributed by atoms with Crippen LogP contribution in [0.3, 0.4) is 0 Å². The normalized spacial score (nSPS) is 18.1. The topological polar surface area (TPSA) is 17.1 Å². The summed E-state index contributed by atoms with van der Waals surface area (Å²) in [6.45, 7) is 0. The third-order valence-corrected chi connectivity index (χ3v) is 4.05. The van der Waals surface area contributed by atoms with Crippen molar-refractivity contribution in [3.8, 4) is 0 Å². The van der Waals surface area contributed by atoms with Gasteiger partial charge in [-0.25, -0.2) is 0 Å². The summed E-state index contributed by atoms with van der Waals surface area (Å²) in [6, 6.07) is 18.7. The lowest BCUT2D eigenvalue weighted by molar-refractivity contribution is 0.0966. The molecule has 0 saturated carbocycles. The Kier molecular flexibility index (Phi) is 3.45. The van der Waals surface area contributed by atoms with Crippen LogP contribution in [-0.2, 0) is 6.42 Å². The van der Waals surface area contributed by atoms with Crippen LogP contribution >= 0.6 is 0 Å². The van der Waals surface area contributed by atoms with Gasteiger partial charge in [0.1, 0.15) is 0 Å². The molecule has 1 aliphatic rings. The maximum absolute atomic E-state index is 11.9. The molecule has 0 N–H and O–H groups in total. The highest BCUT2D eigenvalue weighted by Crippen LogP contribution is 2.34. The molecule has 96 valence electrons. The highest BCUT2D eigenvalue weighted by molar-refractivity contribution is 5.98. The number of carbonyl (C=O) groups excluding carboxylic acids is 1. The van der Waals surface area contributed by atoms with Crippen LogP contribution in [0.15, 0.2) is 54.6 Å². The van der Waals surface area contributed by atoms with Crippen LogP contribution < -0.4 is 0 Å². The first kappa shape index (κ1) is 12.2. The van der Waals surface area contributed by atoms with Gasteiger partial charge in [-0.05, 0) is 36.3 Å². The SMILES string of the molecule is O=C1CCC(CCc2ccccc2)c2ccccc21. The molecule has 3 rings (SSSR count). The van der Waals surface area contributed by atoms with Gasteiger partial charge in [-0.15, -0.1) is 0 Å². The Morgan fingerprint density at radius 3 is 2.53 bits per heavy atom. The van der Waals surface area contributed by atoms with E-state index in [9.17, 15) is 4.79 Å². The van der Waals surface area contributed by atoms with Gasteiger partial charge in [-0.1, -0.05) is 54.6 Å². The molecule has 0 bridgehead atoms. The van der Waals surface area contributed by atoms with E-state index in [1.54, 1.807) is 0 Å². The van der Waals surface area contributed by atoms with Gasteiger partial charge in [0.25, 0.3) is 0 Å². The number of carbonyl (C=O) groups is 1. The maximum atomic E-state index is 11.9. The summed E-state index contributed by atoms with van der Waals surface area (Å²) in [5.41, 5.74) is 3.60. The fraction of sp³-hybridized carbons (Fsp3) is 0.278. The monoisotopic (exact) mass is 250 g/mol. The number of ketones is 1. The van der Waals surface area contributed by atoms with E-state index in [4.69, 9.17) is 0 Å². The smallest absolute Gasteiger partial charge is 0.163 e. The second-order valence-electron chi connectivity index (χ2n) is 5.27. The van der Waals surface area contributed by atoms with E-state index < -0.39 is 0 Å². The summed E-state index contributed by atoms with van der Waals surface area (Å²) >= 11 is 0. The lowest BCUT2D eigenvalue weighted by Crippen LogP contribution is -2.16. The minimum absolute atomic E-state index is 0.312. The van der Waals surface area contributed by atoms with Crippen LogP contribution in [-0.4, -0.2) is 5.78 Å². The van der Waals surface area contributed by atoms with Crippen molar-refractivity contribution in [2.45, 2.75) is 31.6 Å². The average molecular weight is 250 g/mol. The van der Waals surface area contributed by atoms with Gasteiger partial charge in [0, 0.05) is 12.0 Å². The van der Waals surface area contributed by atoms with Gasteiger partial charge in [0.15, 0.2) is 5.78 Å². The Hall–Kier alpha value is -1.89. The van der Waals surface area contributed by atoms with Gasteiger partial charge in [-0.3, -0.25) is 4.79 Å². The average Bonchev–Trinajstić information content (AvgIpc) is 2.48. The minimum Gasteiger partial charge on any atom is -0.294 e. The fourth-order valence-electron chi connectivity index (χ4n) is 2.99. The molecule has 0 aliphatic heterocycles. The Morgan fingerprint density at radius 2 is 1.68 bits per heavy atom. The van der Waals surface area contributed by atoms with E-state index in [1.165, 1.54) is 11.1 Å². The lowest BCUT2D eigenvalue weighted by Gasteiger charge is -2.24. The number of Topliss-reactive ketones (excluding diaryl/α,β-unsaturated/α-hetero) is 1. The molecular weight excluding hydrogens is 232 g/mol. The number of benzene rings is 2. The molecule has 0 spiro atoms. The molecule has 2 aromatic carbocycles. The highest BCUT2D eigenvalue weighted by atomic mass is 16.1. The van der Waals surface area contributed by atoms with Crippen molar-refractivity contribution in [1.29, 1.82) is 0 Å². The third kappa shape index (κ3) is 2.60. The summed E-state index contributed by atoms with van der Waals surface area (Å²) in [6.07, 6.45) is 3.93. The first-order chi connectivity index (χ1) is 9.34. The molecule has 0 aromatic heterocycles. The van der Waals surface area contributed by atoms with E-state index in [0.29, 0.717) is 18.1 Å². The molecule has 1 unspecified atom stereocenters. The molecule has 0 radical (unpaired) electrons. The molecule has 19 heavy (non-hydrogen) atoms. The minimum atomic E-state index is 0.312. The maximum Gasteiger partial charge on any atom is 0.163 e. The fourth-order valence-corrected chi connectivity index (χ4v) is 2.99. The van der Waals surface area contributed by atoms with Crippen LogP contribution in [0.25, 0.3) is 0 Å². The van der Waals surface area contributed by atoms with Crippen LogP contribution in [0.5, 0.6) is 0 Å². The Bertz CT molecular complexity index is 571. The molecular formula is C18H18O. The van der Waals surface area contributed by atoms with Gasteiger partial charge in [0.05, 0.1) is 0 Å². The zero-order chi connectivity index (χ0) is 13.1. The van der Waals surface area contributed by atoms with E-state index in [0.717, 1.165) is 24.8 Å². The number of hydrogen-bond acceptors (Lipinski definition) is 1. The Labute approximate surface area is 114 Å². The Balaban J connectivity index is 1.76. The summed E-state index contributed by atoms with van der Waals surface area (Å²) in [4.78, 5) is 11.9. The molecule has 1 nitrogen and oxygen atoms in total. The summed E-state index contributed by atoms with van der Waals surface area (Å²) in [7, 11) is 0. The van der Waals surface area contributed by atoms with Crippen molar-refractivity contribution in [3.63, 3.8) is 0 Å². The number of fused-ring (bicyclic) bond motifs is 1. The van der Waals surface area contributed by atoms with Gasteiger partial charge in [0.2, 0.25) is 0 Å². The van der Waals surface area contributed by atoms with Gasteiger partial charge < -0.3 is 0 Å². The molecule has 0 amide bonds. The molecule has 0 fully saturated rings.